The number of aromatic nitrogens is 2. The molecular formula is C12H13N3O4S2. The van der Waals surface area contributed by atoms with E-state index in [1.54, 1.807) is 6.07 Å². The van der Waals surface area contributed by atoms with Crippen LogP contribution in [0.4, 0.5) is 0 Å². The van der Waals surface area contributed by atoms with E-state index in [-0.39, 0.29) is 17.2 Å². The highest BCUT2D eigenvalue weighted by atomic mass is 32.2. The van der Waals surface area contributed by atoms with Gasteiger partial charge in [-0.3, -0.25) is 4.79 Å². The first-order valence-corrected chi connectivity index (χ1v) is 8.47. The largest absolute Gasteiger partial charge is 0.480 e. The first kappa shape index (κ1) is 14.2. The predicted molar refractivity (Wildman–Crippen MR) is 75.5 cm³/mol. The Balaban J connectivity index is 2.05. The highest BCUT2D eigenvalue weighted by molar-refractivity contribution is 7.91. The van der Waals surface area contributed by atoms with E-state index < -0.39 is 22.0 Å². The fourth-order valence-corrected chi connectivity index (χ4v) is 5.30. The van der Waals surface area contributed by atoms with Gasteiger partial charge in [-0.2, -0.15) is 4.31 Å². The molecule has 0 fully saturated rings. The Labute approximate surface area is 125 Å². The maximum absolute atomic E-state index is 12.7. The quantitative estimate of drug-likeness (QED) is 0.874. The lowest BCUT2D eigenvalue weighted by Crippen LogP contribution is -2.48. The van der Waals surface area contributed by atoms with Crippen LogP contribution in [0.5, 0.6) is 0 Å². The number of hydrogen-bond acceptors (Lipinski definition) is 5. The van der Waals surface area contributed by atoms with Gasteiger partial charge < -0.3 is 10.1 Å². The summed E-state index contributed by atoms with van der Waals surface area (Å²) in [4.78, 5) is 19.2. The number of aliphatic carboxylic acids is 1. The zero-order chi connectivity index (χ0) is 15.2. The Morgan fingerprint density at radius 2 is 2.29 bits per heavy atom. The number of H-pyrrole nitrogens is 1. The van der Waals surface area contributed by atoms with Crippen molar-refractivity contribution in [1.82, 2.24) is 14.3 Å². The summed E-state index contributed by atoms with van der Waals surface area (Å²) in [6.45, 7) is 1.80. The molecule has 0 saturated heterocycles. The number of aryl methyl sites for hydroxylation is 1. The number of thiophene rings is 1. The zero-order valence-electron chi connectivity index (χ0n) is 11.1. The Bertz CT molecular complexity index is 793. The van der Waals surface area contributed by atoms with Gasteiger partial charge in [-0.1, -0.05) is 0 Å². The van der Waals surface area contributed by atoms with Crippen molar-refractivity contribution in [1.29, 1.82) is 0 Å². The van der Waals surface area contributed by atoms with E-state index in [9.17, 15) is 18.3 Å². The molecule has 21 heavy (non-hydrogen) atoms. The highest BCUT2D eigenvalue weighted by Gasteiger charge is 2.41. The molecule has 0 radical (unpaired) electrons. The normalized spacial score (nSPS) is 19.4. The third-order valence-corrected chi connectivity index (χ3v) is 6.74. The predicted octanol–water partition coefficient (Wildman–Crippen LogP) is 0.980. The molecule has 3 heterocycles. The Hall–Kier alpha value is -1.71. The zero-order valence-corrected chi connectivity index (χ0v) is 12.7. The molecule has 0 saturated carbocycles. The maximum atomic E-state index is 12.7. The first-order chi connectivity index (χ1) is 9.89. The van der Waals surface area contributed by atoms with Gasteiger partial charge in [-0.25, -0.2) is 13.4 Å². The van der Waals surface area contributed by atoms with E-state index in [1.807, 2.05) is 6.92 Å². The molecule has 0 aliphatic carbocycles. The summed E-state index contributed by atoms with van der Waals surface area (Å²) in [7, 11) is -3.83. The number of imidazole rings is 1. The Morgan fingerprint density at radius 3 is 2.90 bits per heavy atom. The monoisotopic (exact) mass is 327 g/mol. The lowest BCUT2D eigenvalue weighted by Gasteiger charge is -2.30. The molecule has 2 aromatic heterocycles. The van der Waals surface area contributed by atoms with Crippen LogP contribution >= 0.6 is 11.3 Å². The van der Waals surface area contributed by atoms with Crippen molar-refractivity contribution < 1.29 is 18.3 Å². The smallest absolute Gasteiger partial charge is 0.322 e. The molecule has 0 amide bonds. The summed E-state index contributed by atoms with van der Waals surface area (Å²) < 4.78 is 26.6. The second-order valence-corrected chi connectivity index (χ2v) is 8.21. The van der Waals surface area contributed by atoms with E-state index >= 15 is 0 Å². The van der Waals surface area contributed by atoms with Gasteiger partial charge in [-0.05, 0) is 19.1 Å². The van der Waals surface area contributed by atoms with Crippen molar-refractivity contribution in [3.05, 3.63) is 34.7 Å². The number of carboxylic acids is 1. The van der Waals surface area contributed by atoms with E-state index in [0.29, 0.717) is 11.4 Å². The second-order valence-electron chi connectivity index (χ2n) is 4.80. The van der Waals surface area contributed by atoms with Gasteiger partial charge >= 0.3 is 5.97 Å². The summed E-state index contributed by atoms with van der Waals surface area (Å²) in [6, 6.07) is 2.09. The molecule has 9 heteroatoms. The number of hydrogen-bond donors (Lipinski definition) is 2. The lowest BCUT2D eigenvalue weighted by atomic mass is 10.1. The minimum atomic E-state index is -3.83. The van der Waals surface area contributed by atoms with Gasteiger partial charge in [-0.15, -0.1) is 11.3 Å². The molecule has 3 rings (SSSR count). The van der Waals surface area contributed by atoms with Crippen LogP contribution in [0.3, 0.4) is 0 Å². The fraction of sp³-hybridized carbons (Fsp3) is 0.333. The number of sulfonamides is 1. The molecule has 7 nitrogen and oxygen atoms in total. The second kappa shape index (κ2) is 4.93. The number of nitrogens with zero attached hydrogens (tertiary/aromatic N) is 2. The van der Waals surface area contributed by atoms with Crippen LogP contribution in [-0.2, 0) is 27.8 Å². The molecule has 1 aliphatic heterocycles. The summed E-state index contributed by atoms with van der Waals surface area (Å²) in [5.41, 5.74) is 1.25. The Morgan fingerprint density at radius 1 is 1.52 bits per heavy atom. The molecular weight excluding hydrogens is 314 g/mol. The standard InChI is InChI=1S/C12H13N3O4S2/c1-7-2-3-11(20-7)21(18,19)15-5-9-8(13-6-14-9)4-10(15)12(16)17/h2-3,6,10H,4-5H2,1H3,(H,13,14)(H,16,17). The van der Waals surface area contributed by atoms with Crippen molar-refractivity contribution in [3.63, 3.8) is 0 Å². The number of carbonyl (C=O) groups is 1. The topological polar surface area (TPSA) is 103 Å². The molecule has 0 aromatic carbocycles. The summed E-state index contributed by atoms with van der Waals surface area (Å²) in [6.07, 6.45) is 1.52. The van der Waals surface area contributed by atoms with Gasteiger partial charge in [0, 0.05) is 11.3 Å². The van der Waals surface area contributed by atoms with Crippen molar-refractivity contribution in [2.24, 2.45) is 0 Å². The molecule has 2 aromatic rings. The molecule has 1 aliphatic rings. The van der Waals surface area contributed by atoms with Crippen molar-refractivity contribution in [2.45, 2.75) is 30.1 Å². The number of fused-ring (bicyclic) bond motifs is 1. The van der Waals surface area contributed by atoms with Crippen LogP contribution in [-0.4, -0.2) is 39.8 Å². The van der Waals surface area contributed by atoms with Crippen LogP contribution in [0, 0.1) is 6.92 Å². The number of carboxylic acid groups (broad SMARTS) is 1. The van der Waals surface area contributed by atoms with Crippen LogP contribution in [0.1, 0.15) is 16.3 Å². The summed E-state index contributed by atoms with van der Waals surface area (Å²) in [5.74, 6) is -1.17. The third-order valence-electron chi connectivity index (χ3n) is 3.42. The van der Waals surface area contributed by atoms with E-state index in [0.717, 1.165) is 20.5 Å². The minimum absolute atomic E-state index is 0.00835. The minimum Gasteiger partial charge on any atom is -0.480 e. The van der Waals surface area contributed by atoms with Gasteiger partial charge in [0.15, 0.2) is 0 Å². The van der Waals surface area contributed by atoms with Crippen molar-refractivity contribution in [3.8, 4) is 0 Å². The molecule has 1 unspecified atom stereocenters. The lowest BCUT2D eigenvalue weighted by molar-refractivity contribution is -0.141. The van der Waals surface area contributed by atoms with Gasteiger partial charge in [0.2, 0.25) is 0 Å². The van der Waals surface area contributed by atoms with Gasteiger partial charge in [0.05, 0.1) is 24.3 Å². The molecule has 0 spiro atoms. The van der Waals surface area contributed by atoms with Gasteiger partial charge in [0.25, 0.3) is 10.0 Å². The fourth-order valence-electron chi connectivity index (χ4n) is 2.34. The SMILES string of the molecule is Cc1ccc(S(=O)(=O)N2Cc3[nH]cnc3CC2C(=O)O)s1. The summed E-state index contributed by atoms with van der Waals surface area (Å²) >= 11 is 1.14. The maximum Gasteiger partial charge on any atom is 0.322 e. The average Bonchev–Trinajstić information content (AvgIpc) is 3.05. The molecule has 112 valence electrons. The van der Waals surface area contributed by atoms with E-state index in [2.05, 4.69) is 9.97 Å². The van der Waals surface area contributed by atoms with E-state index in [1.165, 1.54) is 12.4 Å². The first-order valence-electron chi connectivity index (χ1n) is 6.22. The number of rotatable bonds is 3. The van der Waals surface area contributed by atoms with Gasteiger partial charge in [0.1, 0.15) is 10.3 Å². The van der Waals surface area contributed by atoms with E-state index in [4.69, 9.17) is 0 Å². The number of nitrogens with one attached hydrogen (secondary N) is 1. The average molecular weight is 327 g/mol. The molecule has 0 bridgehead atoms. The molecule has 1 atom stereocenters. The number of aromatic amines is 1. The summed E-state index contributed by atoms with van der Waals surface area (Å²) in [5, 5.41) is 9.35. The van der Waals surface area contributed by atoms with Crippen LogP contribution in [0.15, 0.2) is 22.7 Å². The van der Waals surface area contributed by atoms with Crippen molar-refractivity contribution in [2.75, 3.05) is 0 Å². The Kier molecular flexibility index (Phi) is 3.34. The van der Waals surface area contributed by atoms with Crippen LogP contribution in [0.2, 0.25) is 0 Å². The highest BCUT2D eigenvalue weighted by Crippen LogP contribution is 2.30. The van der Waals surface area contributed by atoms with Crippen molar-refractivity contribution >= 4 is 27.3 Å². The molecule has 2 N–H and O–H groups in total. The third kappa shape index (κ3) is 2.37. The van der Waals surface area contributed by atoms with Crippen LogP contribution < -0.4 is 0 Å². The van der Waals surface area contributed by atoms with Crippen LogP contribution in [0.25, 0.3) is 0 Å².